The van der Waals surface area contributed by atoms with Crippen LogP contribution in [-0.4, -0.2) is 45.2 Å². The molecule has 0 saturated carbocycles. The second-order valence-electron chi connectivity index (χ2n) is 10.6. The van der Waals surface area contributed by atoms with Gasteiger partial charge in [0.1, 0.15) is 11.9 Å². The normalized spacial score (nSPS) is 15.6. The number of carbonyl (C=O) groups excluding carboxylic acids is 1. The van der Waals surface area contributed by atoms with Crippen molar-refractivity contribution in [1.82, 2.24) is 9.47 Å². The maximum atomic E-state index is 15.7. The molecule has 1 aliphatic rings. The first-order chi connectivity index (χ1) is 18.5. The lowest BCUT2D eigenvalue weighted by molar-refractivity contribution is 0.0626. The Labute approximate surface area is 223 Å². The molecule has 1 aliphatic heterocycles. The summed E-state index contributed by atoms with van der Waals surface area (Å²) >= 11 is 0. The summed E-state index contributed by atoms with van der Waals surface area (Å²) in [6.45, 7) is 4.10. The number of rotatable bonds is 5. The summed E-state index contributed by atoms with van der Waals surface area (Å²) in [5.41, 5.74) is 5.76. The molecular weight excluding hydrogens is 505 g/mol. The number of amides is 1. The molecule has 4 aromatic rings. The van der Waals surface area contributed by atoms with E-state index in [9.17, 15) is 14.3 Å². The molecule has 2 heterocycles. The zero-order valence-electron chi connectivity index (χ0n) is 21.5. The maximum Gasteiger partial charge on any atom is 0.253 e. The number of nitrogens with zero attached hydrogens (tertiary/aromatic N) is 3. The highest BCUT2D eigenvalue weighted by molar-refractivity contribution is 5.99. The van der Waals surface area contributed by atoms with Gasteiger partial charge in [0, 0.05) is 41.8 Å². The van der Waals surface area contributed by atoms with Gasteiger partial charge in [-0.1, -0.05) is 12.1 Å². The van der Waals surface area contributed by atoms with E-state index in [1.807, 2.05) is 0 Å². The predicted octanol–water partition coefficient (Wildman–Crippen LogP) is 5.21. The average Bonchev–Trinajstić information content (AvgIpc) is 3.50. The smallest absolute Gasteiger partial charge is 0.253 e. The van der Waals surface area contributed by atoms with Crippen molar-refractivity contribution in [1.29, 1.82) is 5.26 Å². The first-order valence-electron chi connectivity index (χ1n) is 12.6. The SMILES string of the molecule is CC(C)(O)Cn1ccc2cc(-c3ccc(C(=O)N4CCC(N)C4)cc3-c3ccc(C#N)c(F)c3)c(F)c(F)c21. The van der Waals surface area contributed by atoms with Crippen LogP contribution in [0.3, 0.4) is 0 Å². The molecule has 1 unspecified atom stereocenters. The van der Waals surface area contributed by atoms with Crippen LogP contribution in [0.2, 0.25) is 0 Å². The molecule has 1 fully saturated rings. The van der Waals surface area contributed by atoms with Crippen LogP contribution >= 0.6 is 0 Å². The van der Waals surface area contributed by atoms with E-state index < -0.39 is 23.1 Å². The summed E-state index contributed by atoms with van der Waals surface area (Å²) in [7, 11) is 0. The molecule has 0 radical (unpaired) electrons. The van der Waals surface area contributed by atoms with Crippen LogP contribution in [0.15, 0.2) is 54.7 Å². The Kier molecular flexibility index (Phi) is 6.70. The molecule has 1 aromatic heterocycles. The van der Waals surface area contributed by atoms with Gasteiger partial charge >= 0.3 is 0 Å². The Morgan fingerprint density at radius 2 is 1.85 bits per heavy atom. The third kappa shape index (κ3) is 5.01. The molecule has 0 spiro atoms. The lowest BCUT2D eigenvalue weighted by atomic mass is 9.91. The van der Waals surface area contributed by atoms with Gasteiger partial charge < -0.3 is 20.3 Å². The number of carbonyl (C=O) groups is 1. The molecule has 0 bridgehead atoms. The highest BCUT2D eigenvalue weighted by Gasteiger charge is 2.27. The second-order valence-corrected chi connectivity index (χ2v) is 10.6. The van der Waals surface area contributed by atoms with Crippen LogP contribution in [-0.2, 0) is 6.54 Å². The van der Waals surface area contributed by atoms with Gasteiger partial charge in [-0.2, -0.15) is 5.26 Å². The molecule has 3 aromatic carbocycles. The second kappa shape index (κ2) is 9.88. The van der Waals surface area contributed by atoms with E-state index in [0.29, 0.717) is 41.6 Å². The van der Waals surface area contributed by atoms with Gasteiger partial charge in [0.2, 0.25) is 0 Å². The highest BCUT2D eigenvalue weighted by Crippen LogP contribution is 2.39. The first-order valence-corrected chi connectivity index (χ1v) is 12.6. The van der Waals surface area contributed by atoms with E-state index in [1.54, 1.807) is 37.1 Å². The molecule has 9 heteroatoms. The summed E-state index contributed by atoms with van der Waals surface area (Å²) in [4.78, 5) is 14.8. The van der Waals surface area contributed by atoms with Gasteiger partial charge in [0.15, 0.2) is 11.6 Å². The summed E-state index contributed by atoms with van der Waals surface area (Å²) in [5.74, 6) is -3.23. The minimum absolute atomic E-state index is 0.0153. The highest BCUT2D eigenvalue weighted by atomic mass is 19.2. The van der Waals surface area contributed by atoms with Crippen LogP contribution in [0.25, 0.3) is 33.2 Å². The van der Waals surface area contributed by atoms with Gasteiger partial charge in [-0.15, -0.1) is 0 Å². The first kappa shape index (κ1) is 26.5. The fourth-order valence-corrected chi connectivity index (χ4v) is 5.12. The Hall–Kier alpha value is -4.13. The lowest BCUT2D eigenvalue weighted by Crippen LogP contribution is -2.31. The topological polar surface area (TPSA) is 95.3 Å². The van der Waals surface area contributed by atoms with E-state index in [0.717, 1.165) is 6.07 Å². The van der Waals surface area contributed by atoms with Crippen LogP contribution < -0.4 is 5.73 Å². The molecule has 3 N–H and O–H groups in total. The van der Waals surface area contributed by atoms with Gasteiger partial charge in [-0.05, 0) is 73.4 Å². The Balaban J connectivity index is 1.69. The molecule has 1 amide bonds. The average molecular weight is 533 g/mol. The minimum Gasteiger partial charge on any atom is -0.389 e. The molecule has 39 heavy (non-hydrogen) atoms. The number of benzene rings is 3. The summed E-state index contributed by atoms with van der Waals surface area (Å²) in [5, 5.41) is 19.8. The Bertz CT molecular complexity index is 1650. The van der Waals surface area contributed by atoms with E-state index in [1.165, 1.54) is 41.0 Å². The third-order valence-corrected chi connectivity index (χ3v) is 6.96. The third-order valence-electron chi connectivity index (χ3n) is 6.96. The molecule has 1 atom stereocenters. The zero-order chi connectivity index (χ0) is 28.1. The fraction of sp³-hybridized carbons (Fsp3) is 0.267. The lowest BCUT2D eigenvalue weighted by Gasteiger charge is -2.20. The van der Waals surface area contributed by atoms with Crippen molar-refractivity contribution in [2.75, 3.05) is 13.1 Å². The van der Waals surface area contributed by atoms with Crippen molar-refractivity contribution in [2.45, 2.75) is 38.5 Å². The van der Waals surface area contributed by atoms with Crippen molar-refractivity contribution < 1.29 is 23.1 Å². The number of nitrogens with two attached hydrogens (primary N) is 1. The van der Waals surface area contributed by atoms with Gasteiger partial charge in [0.25, 0.3) is 5.91 Å². The van der Waals surface area contributed by atoms with Crippen LogP contribution in [0.4, 0.5) is 13.2 Å². The molecule has 6 nitrogen and oxygen atoms in total. The number of hydrogen-bond acceptors (Lipinski definition) is 4. The molecule has 5 rings (SSSR count). The summed E-state index contributed by atoms with van der Waals surface area (Å²) in [6, 6.07) is 13.3. The summed E-state index contributed by atoms with van der Waals surface area (Å²) in [6.07, 6.45) is 2.25. The predicted molar refractivity (Wildman–Crippen MR) is 142 cm³/mol. The molecular formula is C30H27F3N4O2. The monoisotopic (exact) mass is 532 g/mol. The van der Waals surface area contributed by atoms with E-state index >= 15 is 8.78 Å². The van der Waals surface area contributed by atoms with Crippen molar-refractivity contribution >= 4 is 16.8 Å². The van der Waals surface area contributed by atoms with Gasteiger partial charge in [-0.3, -0.25) is 4.79 Å². The largest absolute Gasteiger partial charge is 0.389 e. The van der Waals surface area contributed by atoms with E-state index in [2.05, 4.69) is 0 Å². The number of nitriles is 1. The quantitative estimate of drug-likeness (QED) is 0.369. The van der Waals surface area contributed by atoms with Crippen LogP contribution in [0, 0.1) is 28.8 Å². The minimum atomic E-state index is -1.15. The number of halogens is 3. The van der Waals surface area contributed by atoms with E-state index in [4.69, 9.17) is 11.0 Å². The van der Waals surface area contributed by atoms with Crippen molar-refractivity contribution in [2.24, 2.45) is 5.73 Å². The number of fused-ring (bicyclic) bond motifs is 1. The molecule has 1 saturated heterocycles. The van der Waals surface area contributed by atoms with Crippen LogP contribution in [0.1, 0.15) is 36.2 Å². The Morgan fingerprint density at radius 3 is 2.49 bits per heavy atom. The van der Waals surface area contributed by atoms with Crippen molar-refractivity contribution in [3.05, 3.63) is 83.3 Å². The molecule has 0 aliphatic carbocycles. The maximum absolute atomic E-state index is 15.7. The molecule has 200 valence electrons. The summed E-state index contributed by atoms with van der Waals surface area (Å²) < 4.78 is 47.3. The number of hydrogen-bond donors (Lipinski definition) is 2. The van der Waals surface area contributed by atoms with Gasteiger partial charge in [0.05, 0.1) is 23.2 Å². The van der Waals surface area contributed by atoms with Crippen molar-refractivity contribution in [3.63, 3.8) is 0 Å². The number of likely N-dealkylation sites (tertiary alicyclic amines) is 1. The van der Waals surface area contributed by atoms with E-state index in [-0.39, 0.29) is 40.7 Å². The van der Waals surface area contributed by atoms with Gasteiger partial charge in [-0.25, -0.2) is 13.2 Å². The van der Waals surface area contributed by atoms with Crippen LogP contribution in [0.5, 0.6) is 0 Å². The number of aromatic nitrogens is 1. The number of aliphatic hydroxyl groups is 1. The van der Waals surface area contributed by atoms with Crippen molar-refractivity contribution in [3.8, 4) is 28.3 Å². The fourth-order valence-electron chi connectivity index (χ4n) is 5.12. The Morgan fingerprint density at radius 1 is 1.08 bits per heavy atom. The zero-order valence-corrected chi connectivity index (χ0v) is 21.5. The standard InChI is InChI=1S/C30H27F3N4O2/c1-30(2,39)16-37-9-7-18-11-24(26(32)27(33)28(18)37)22-6-5-19(29(38)36-10-8-21(35)15-36)12-23(22)17-3-4-20(14-34)25(31)13-17/h3-7,9,11-13,21,39H,8,10,15-16,35H2,1-2H3.